The Morgan fingerprint density at radius 2 is 1.88 bits per heavy atom. The van der Waals surface area contributed by atoms with E-state index in [2.05, 4.69) is 41.4 Å². The van der Waals surface area contributed by atoms with Gasteiger partial charge in [0.05, 0.1) is 6.17 Å². The van der Waals surface area contributed by atoms with Crippen LogP contribution in [0.2, 0.25) is 0 Å². The molecule has 4 heteroatoms. The van der Waals surface area contributed by atoms with Gasteiger partial charge in [0.15, 0.2) is 0 Å². The Hall–Kier alpha value is -0.160. The van der Waals surface area contributed by atoms with Crippen molar-refractivity contribution < 1.29 is 0 Å². The Balaban J connectivity index is 1.87. The van der Waals surface area contributed by atoms with Gasteiger partial charge in [-0.1, -0.05) is 13.3 Å². The van der Waals surface area contributed by atoms with Crippen molar-refractivity contribution in [2.75, 3.05) is 26.2 Å². The molecule has 3 unspecified atom stereocenters. The fourth-order valence-corrected chi connectivity index (χ4v) is 3.15. The molecule has 2 heterocycles. The molecule has 0 saturated carbocycles. The molecular weight excluding hydrogens is 212 g/mol. The first kappa shape index (κ1) is 13.3. The summed E-state index contributed by atoms with van der Waals surface area (Å²) < 4.78 is 0. The summed E-state index contributed by atoms with van der Waals surface area (Å²) in [5.74, 6) is 0. The zero-order valence-electron chi connectivity index (χ0n) is 11.6. The van der Waals surface area contributed by atoms with Crippen LogP contribution in [0.5, 0.6) is 0 Å². The molecule has 0 aliphatic carbocycles. The Kier molecular flexibility index (Phi) is 4.79. The van der Waals surface area contributed by atoms with E-state index in [0.717, 1.165) is 13.1 Å². The molecule has 4 nitrogen and oxygen atoms in total. The van der Waals surface area contributed by atoms with E-state index < -0.39 is 0 Å². The molecule has 0 spiro atoms. The van der Waals surface area contributed by atoms with Gasteiger partial charge in [-0.2, -0.15) is 0 Å². The first-order chi connectivity index (χ1) is 8.22. The van der Waals surface area contributed by atoms with Gasteiger partial charge in [-0.15, -0.1) is 0 Å². The molecule has 3 atom stereocenters. The standard InChI is InChI=1S/C13H28N4/c1-4-17-11(2)10-14-13(12(17)3)15-16-8-6-5-7-9-16/h11-15H,4-10H2,1-3H3. The third-order valence-electron chi connectivity index (χ3n) is 4.25. The van der Waals surface area contributed by atoms with Crippen molar-refractivity contribution in [2.24, 2.45) is 0 Å². The summed E-state index contributed by atoms with van der Waals surface area (Å²) in [6.07, 6.45) is 4.47. The predicted octanol–water partition coefficient (Wildman–Crippen LogP) is 1.01. The van der Waals surface area contributed by atoms with Gasteiger partial charge in [-0.25, -0.2) is 10.4 Å². The molecule has 100 valence electrons. The zero-order chi connectivity index (χ0) is 12.3. The lowest BCUT2D eigenvalue weighted by atomic mass is 10.1. The van der Waals surface area contributed by atoms with Crippen molar-refractivity contribution in [3.63, 3.8) is 0 Å². The molecule has 0 amide bonds. The van der Waals surface area contributed by atoms with Gasteiger partial charge in [0, 0.05) is 31.7 Å². The van der Waals surface area contributed by atoms with E-state index in [1.165, 1.54) is 32.4 Å². The number of piperidine rings is 1. The van der Waals surface area contributed by atoms with E-state index in [-0.39, 0.29) is 0 Å². The maximum Gasteiger partial charge on any atom is 0.0861 e. The number of rotatable bonds is 3. The molecule has 2 rings (SSSR count). The van der Waals surface area contributed by atoms with E-state index in [9.17, 15) is 0 Å². The molecule has 2 aliphatic rings. The maximum atomic E-state index is 3.67. The molecule has 0 bridgehead atoms. The minimum absolute atomic E-state index is 0.407. The van der Waals surface area contributed by atoms with Crippen molar-refractivity contribution in [1.82, 2.24) is 20.7 Å². The van der Waals surface area contributed by atoms with Crippen LogP contribution in [0.3, 0.4) is 0 Å². The summed E-state index contributed by atoms with van der Waals surface area (Å²) >= 11 is 0. The SMILES string of the molecule is CCN1C(C)CNC(NN2CCCCC2)C1C. The summed E-state index contributed by atoms with van der Waals surface area (Å²) in [6.45, 7) is 11.5. The summed E-state index contributed by atoms with van der Waals surface area (Å²) in [7, 11) is 0. The average molecular weight is 240 g/mol. The fourth-order valence-electron chi connectivity index (χ4n) is 3.15. The number of likely N-dealkylation sites (N-methyl/N-ethyl adjacent to an activating group) is 1. The third kappa shape index (κ3) is 3.19. The predicted molar refractivity (Wildman–Crippen MR) is 71.7 cm³/mol. The van der Waals surface area contributed by atoms with Gasteiger partial charge in [0.2, 0.25) is 0 Å². The Morgan fingerprint density at radius 1 is 1.18 bits per heavy atom. The van der Waals surface area contributed by atoms with Crippen molar-refractivity contribution in [1.29, 1.82) is 0 Å². The monoisotopic (exact) mass is 240 g/mol. The largest absolute Gasteiger partial charge is 0.298 e. The highest BCUT2D eigenvalue weighted by Crippen LogP contribution is 2.14. The molecular formula is C13H28N4. The molecule has 2 fully saturated rings. The highest BCUT2D eigenvalue weighted by molar-refractivity contribution is 4.88. The van der Waals surface area contributed by atoms with Crippen LogP contribution in [0.25, 0.3) is 0 Å². The summed E-state index contributed by atoms with van der Waals surface area (Å²) in [4.78, 5) is 2.58. The number of nitrogens with one attached hydrogen (secondary N) is 2. The lowest BCUT2D eigenvalue weighted by Gasteiger charge is -2.46. The summed E-state index contributed by atoms with van der Waals surface area (Å²) in [5.41, 5.74) is 3.67. The molecule has 2 saturated heterocycles. The van der Waals surface area contributed by atoms with Crippen LogP contribution in [-0.2, 0) is 0 Å². The summed E-state index contributed by atoms with van der Waals surface area (Å²) in [6, 6.07) is 1.21. The van der Waals surface area contributed by atoms with E-state index in [1.807, 2.05) is 0 Å². The molecule has 0 aromatic carbocycles. The Labute approximate surface area is 106 Å². The Bertz CT molecular complexity index is 227. The summed E-state index contributed by atoms with van der Waals surface area (Å²) in [5, 5.41) is 6.04. The minimum atomic E-state index is 0.407. The first-order valence-electron chi connectivity index (χ1n) is 7.22. The number of nitrogens with zero attached hydrogens (tertiary/aromatic N) is 2. The van der Waals surface area contributed by atoms with Gasteiger partial charge in [0.1, 0.15) is 0 Å². The van der Waals surface area contributed by atoms with E-state index in [1.54, 1.807) is 0 Å². The van der Waals surface area contributed by atoms with Gasteiger partial charge < -0.3 is 0 Å². The van der Waals surface area contributed by atoms with Crippen LogP contribution in [-0.4, -0.2) is 54.3 Å². The topological polar surface area (TPSA) is 30.5 Å². The zero-order valence-corrected chi connectivity index (χ0v) is 11.6. The van der Waals surface area contributed by atoms with Gasteiger partial charge in [0.25, 0.3) is 0 Å². The van der Waals surface area contributed by atoms with Crippen LogP contribution in [0, 0.1) is 0 Å². The number of hydrogen-bond acceptors (Lipinski definition) is 4. The van der Waals surface area contributed by atoms with Crippen molar-refractivity contribution in [3.8, 4) is 0 Å². The van der Waals surface area contributed by atoms with Gasteiger partial charge >= 0.3 is 0 Å². The van der Waals surface area contributed by atoms with Gasteiger partial charge in [-0.3, -0.25) is 10.2 Å². The lowest BCUT2D eigenvalue weighted by molar-refractivity contribution is 0.0231. The Morgan fingerprint density at radius 3 is 2.53 bits per heavy atom. The van der Waals surface area contributed by atoms with Crippen molar-refractivity contribution >= 4 is 0 Å². The second-order valence-electron chi connectivity index (χ2n) is 5.48. The van der Waals surface area contributed by atoms with Crippen LogP contribution in [0.1, 0.15) is 40.0 Å². The normalized spacial score (nSPS) is 37.2. The van der Waals surface area contributed by atoms with E-state index in [0.29, 0.717) is 18.2 Å². The van der Waals surface area contributed by atoms with Crippen LogP contribution >= 0.6 is 0 Å². The van der Waals surface area contributed by atoms with Crippen LogP contribution < -0.4 is 10.7 Å². The van der Waals surface area contributed by atoms with E-state index in [4.69, 9.17) is 0 Å². The lowest BCUT2D eigenvalue weighted by Crippen LogP contribution is -2.68. The molecule has 2 N–H and O–H groups in total. The minimum Gasteiger partial charge on any atom is -0.298 e. The molecule has 2 aliphatic heterocycles. The first-order valence-corrected chi connectivity index (χ1v) is 7.22. The number of piperazine rings is 1. The third-order valence-corrected chi connectivity index (χ3v) is 4.25. The van der Waals surface area contributed by atoms with Crippen molar-refractivity contribution in [2.45, 2.75) is 58.3 Å². The molecule has 0 aromatic heterocycles. The average Bonchev–Trinajstić information content (AvgIpc) is 2.35. The fraction of sp³-hybridized carbons (Fsp3) is 1.00. The highest BCUT2D eigenvalue weighted by atomic mass is 15.6. The smallest absolute Gasteiger partial charge is 0.0861 e. The van der Waals surface area contributed by atoms with Gasteiger partial charge in [-0.05, 0) is 33.2 Å². The van der Waals surface area contributed by atoms with Crippen LogP contribution in [0.15, 0.2) is 0 Å². The molecule has 0 radical (unpaired) electrons. The highest BCUT2D eigenvalue weighted by Gasteiger charge is 2.31. The van der Waals surface area contributed by atoms with Crippen molar-refractivity contribution in [3.05, 3.63) is 0 Å². The van der Waals surface area contributed by atoms with E-state index >= 15 is 0 Å². The second kappa shape index (κ2) is 6.14. The number of hydrogen-bond donors (Lipinski definition) is 2. The molecule has 0 aromatic rings. The van der Waals surface area contributed by atoms with Crippen LogP contribution in [0.4, 0.5) is 0 Å². The molecule has 17 heavy (non-hydrogen) atoms. The second-order valence-corrected chi connectivity index (χ2v) is 5.48. The maximum absolute atomic E-state index is 3.67. The quantitative estimate of drug-likeness (QED) is 0.771. The number of hydrazine groups is 1.